The molecule has 0 amide bonds. The molecule has 1 nitrogen and oxygen atoms in total. The molecule has 0 bridgehead atoms. The summed E-state index contributed by atoms with van der Waals surface area (Å²) in [6, 6.07) is 2.47. The van der Waals surface area contributed by atoms with Gasteiger partial charge in [0.05, 0.1) is 6.07 Å². The van der Waals surface area contributed by atoms with Crippen molar-refractivity contribution in [3.05, 3.63) is 11.6 Å². The van der Waals surface area contributed by atoms with Crippen LogP contribution in [-0.2, 0) is 0 Å². The molecule has 0 aromatic carbocycles. The zero-order valence-corrected chi connectivity index (χ0v) is 14.6. The highest BCUT2D eigenvalue weighted by Gasteiger charge is 2.57. The van der Waals surface area contributed by atoms with Crippen LogP contribution in [0.4, 0.5) is 0 Å². The second-order valence-electron chi connectivity index (χ2n) is 9.57. The number of nitrogens with zero attached hydrogens (tertiary/aromatic N) is 1. The monoisotopic (exact) mass is 297 g/mol. The van der Waals surface area contributed by atoms with Crippen molar-refractivity contribution in [2.24, 2.45) is 40.4 Å². The molecule has 3 saturated carbocycles. The van der Waals surface area contributed by atoms with E-state index in [-0.39, 0.29) is 0 Å². The maximum atomic E-state index is 9.37. The van der Waals surface area contributed by atoms with Crippen molar-refractivity contribution in [1.82, 2.24) is 0 Å². The van der Waals surface area contributed by atoms with E-state index in [0.29, 0.717) is 10.8 Å². The standard InChI is InChI=1S/C21H31N/c1-14-6-9-21(3)16(10-14)4-5-17-18(21)7-8-20(2)12-15(13-22)11-19(17)20/h12,14,16-19H,4-11H2,1-3H3/t14-,16-,17-,18+,19+,20-,21+/m0/s1. The SMILES string of the molecule is C[C@H]1CC[C@]2(C)[C@@H](CC[C@H]3[C@H]2CC[C@@]2(C)C=C(C#N)C[C@H]32)C1. The maximum absolute atomic E-state index is 9.37. The van der Waals surface area contributed by atoms with E-state index in [4.69, 9.17) is 0 Å². The van der Waals surface area contributed by atoms with E-state index in [9.17, 15) is 5.26 Å². The lowest BCUT2D eigenvalue weighted by Gasteiger charge is -2.60. The smallest absolute Gasteiger partial charge is 0.0944 e. The van der Waals surface area contributed by atoms with Gasteiger partial charge >= 0.3 is 0 Å². The lowest BCUT2D eigenvalue weighted by molar-refractivity contribution is -0.104. The summed E-state index contributed by atoms with van der Waals surface area (Å²) in [7, 11) is 0. The fourth-order valence-corrected chi connectivity index (χ4v) is 7.16. The average Bonchev–Trinajstić information content (AvgIpc) is 2.85. The van der Waals surface area contributed by atoms with E-state index in [1.807, 2.05) is 0 Å². The largest absolute Gasteiger partial charge is 0.193 e. The molecule has 0 unspecified atom stereocenters. The summed E-state index contributed by atoms with van der Waals surface area (Å²) in [6.07, 6.45) is 13.4. The van der Waals surface area contributed by atoms with Gasteiger partial charge in [0.1, 0.15) is 0 Å². The zero-order chi connectivity index (χ0) is 15.5. The molecule has 4 rings (SSSR count). The Morgan fingerprint density at radius 1 is 1.09 bits per heavy atom. The summed E-state index contributed by atoms with van der Waals surface area (Å²) in [6.45, 7) is 7.54. The highest BCUT2D eigenvalue weighted by atomic mass is 14.6. The van der Waals surface area contributed by atoms with Gasteiger partial charge < -0.3 is 0 Å². The third kappa shape index (κ3) is 1.95. The third-order valence-electron chi connectivity index (χ3n) is 8.45. The van der Waals surface area contributed by atoms with Crippen molar-refractivity contribution in [2.45, 2.75) is 72.1 Å². The first-order valence-electron chi connectivity index (χ1n) is 9.58. The van der Waals surface area contributed by atoms with Crippen LogP contribution in [0.3, 0.4) is 0 Å². The fourth-order valence-electron chi connectivity index (χ4n) is 7.16. The number of hydrogen-bond acceptors (Lipinski definition) is 1. The van der Waals surface area contributed by atoms with Crippen molar-refractivity contribution in [3.8, 4) is 6.07 Å². The number of allylic oxidation sites excluding steroid dienone is 2. The van der Waals surface area contributed by atoms with Crippen molar-refractivity contribution in [3.63, 3.8) is 0 Å². The van der Waals surface area contributed by atoms with Crippen LogP contribution >= 0.6 is 0 Å². The molecule has 4 aliphatic carbocycles. The summed E-state index contributed by atoms with van der Waals surface area (Å²) in [5, 5.41) is 9.37. The second kappa shape index (κ2) is 4.86. The van der Waals surface area contributed by atoms with E-state index in [1.165, 1.54) is 44.9 Å². The summed E-state index contributed by atoms with van der Waals surface area (Å²) in [4.78, 5) is 0. The third-order valence-corrected chi connectivity index (χ3v) is 8.45. The first-order chi connectivity index (χ1) is 10.5. The van der Waals surface area contributed by atoms with Gasteiger partial charge in [-0.05, 0) is 85.4 Å². The van der Waals surface area contributed by atoms with Crippen LogP contribution in [0.2, 0.25) is 0 Å². The molecule has 7 atom stereocenters. The molecule has 120 valence electrons. The highest BCUT2D eigenvalue weighted by molar-refractivity contribution is 5.32. The summed E-state index contributed by atoms with van der Waals surface area (Å²) >= 11 is 0. The molecular formula is C21H31N. The quantitative estimate of drug-likeness (QED) is 0.560. The van der Waals surface area contributed by atoms with E-state index in [2.05, 4.69) is 32.9 Å². The van der Waals surface area contributed by atoms with Gasteiger partial charge in [0.2, 0.25) is 0 Å². The molecule has 0 aromatic rings. The highest BCUT2D eigenvalue weighted by Crippen LogP contribution is 2.65. The van der Waals surface area contributed by atoms with Crippen molar-refractivity contribution >= 4 is 0 Å². The van der Waals surface area contributed by atoms with Gasteiger partial charge in [-0.25, -0.2) is 0 Å². The number of hydrogen-bond donors (Lipinski definition) is 0. The minimum absolute atomic E-state index is 0.331. The molecule has 0 saturated heterocycles. The van der Waals surface area contributed by atoms with Crippen molar-refractivity contribution in [1.29, 1.82) is 5.26 Å². The average molecular weight is 297 g/mol. The van der Waals surface area contributed by atoms with Gasteiger partial charge in [-0.2, -0.15) is 5.26 Å². The molecular weight excluding hydrogens is 266 g/mol. The molecule has 0 aromatic heterocycles. The zero-order valence-electron chi connectivity index (χ0n) is 14.6. The number of fused-ring (bicyclic) bond motifs is 5. The Hall–Kier alpha value is -0.770. The minimum Gasteiger partial charge on any atom is -0.193 e. The van der Waals surface area contributed by atoms with Crippen LogP contribution in [0.5, 0.6) is 0 Å². The van der Waals surface area contributed by atoms with Gasteiger partial charge in [-0.3, -0.25) is 0 Å². The summed E-state index contributed by atoms with van der Waals surface area (Å²) in [5.41, 5.74) is 2.02. The van der Waals surface area contributed by atoms with Crippen molar-refractivity contribution in [2.75, 3.05) is 0 Å². The summed E-state index contributed by atoms with van der Waals surface area (Å²) < 4.78 is 0. The Kier molecular flexibility index (Phi) is 3.27. The van der Waals surface area contributed by atoms with Crippen LogP contribution in [-0.4, -0.2) is 0 Å². The predicted molar refractivity (Wildman–Crippen MR) is 90.0 cm³/mol. The van der Waals surface area contributed by atoms with E-state index in [0.717, 1.165) is 41.6 Å². The Bertz CT molecular complexity index is 541. The molecule has 0 N–H and O–H groups in total. The number of rotatable bonds is 0. The molecule has 3 fully saturated rings. The first-order valence-corrected chi connectivity index (χ1v) is 9.58. The van der Waals surface area contributed by atoms with Crippen LogP contribution in [0.1, 0.15) is 72.1 Å². The maximum Gasteiger partial charge on any atom is 0.0944 e. The minimum atomic E-state index is 0.331. The van der Waals surface area contributed by atoms with Crippen molar-refractivity contribution < 1.29 is 0 Å². The fraction of sp³-hybridized carbons (Fsp3) is 0.857. The Morgan fingerprint density at radius 3 is 2.68 bits per heavy atom. The van der Waals surface area contributed by atoms with E-state index >= 15 is 0 Å². The van der Waals surface area contributed by atoms with Crippen LogP contribution in [0, 0.1) is 51.8 Å². The van der Waals surface area contributed by atoms with Gasteiger partial charge in [0, 0.05) is 5.57 Å². The Labute approximate surface area is 136 Å². The van der Waals surface area contributed by atoms with Crippen LogP contribution < -0.4 is 0 Å². The second-order valence-corrected chi connectivity index (χ2v) is 9.57. The Balaban J connectivity index is 1.63. The lowest BCUT2D eigenvalue weighted by Crippen LogP contribution is -2.52. The molecule has 0 heterocycles. The van der Waals surface area contributed by atoms with E-state index < -0.39 is 0 Å². The number of nitriles is 1. The van der Waals surface area contributed by atoms with E-state index in [1.54, 1.807) is 0 Å². The predicted octanol–water partition coefficient (Wildman–Crippen LogP) is 5.73. The normalized spacial score (nSPS) is 53.7. The molecule has 0 radical (unpaired) electrons. The Morgan fingerprint density at radius 2 is 1.91 bits per heavy atom. The molecule has 4 aliphatic rings. The van der Waals surface area contributed by atoms with Gasteiger partial charge in [-0.15, -0.1) is 0 Å². The molecule has 22 heavy (non-hydrogen) atoms. The summed E-state index contributed by atoms with van der Waals surface area (Å²) in [5.74, 6) is 4.50. The molecule has 0 aliphatic heterocycles. The van der Waals surface area contributed by atoms with Gasteiger partial charge in [0.15, 0.2) is 0 Å². The van der Waals surface area contributed by atoms with Crippen LogP contribution in [0.15, 0.2) is 11.6 Å². The van der Waals surface area contributed by atoms with Gasteiger partial charge in [-0.1, -0.05) is 33.3 Å². The first kappa shape index (κ1) is 14.8. The molecule has 1 heteroatoms. The lowest BCUT2D eigenvalue weighted by atomic mass is 9.45. The van der Waals surface area contributed by atoms with Gasteiger partial charge in [0.25, 0.3) is 0 Å². The topological polar surface area (TPSA) is 23.8 Å². The molecule has 0 spiro atoms. The van der Waals surface area contributed by atoms with Crippen LogP contribution in [0.25, 0.3) is 0 Å².